The van der Waals surface area contributed by atoms with E-state index in [1.807, 2.05) is 48.5 Å². The molecule has 0 aliphatic carbocycles. The molecule has 0 saturated heterocycles. The van der Waals surface area contributed by atoms with Gasteiger partial charge in [0, 0.05) is 16.1 Å². The van der Waals surface area contributed by atoms with Gasteiger partial charge in [0.05, 0.1) is 17.8 Å². The van der Waals surface area contributed by atoms with Crippen molar-refractivity contribution in [2.24, 2.45) is 0 Å². The van der Waals surface area contributed by atoms with Crippen molar-refractivity contribution in [1.29, 1.82) is 0 Å². The molecule has 5 heteroatoms. The summed E-state index contributed by atoms with van der Waals surface area (Å²) >= 11 is 6.03. The smallest absolute Gasteiger partial charge is 0.116 e. The van der Waals surface area contributed by atoms with Crippen molar-refractivity contribution in [3.05, 3.63) is 65.6 Å². The highest BCUT2D eigenvalue weighted by atomic mass is 35.5. The Hall–Kier alpha value is -1.84. The highest BCUT2D eigenvalue weighted by Crippen LogP contribution is 2.20. The molecule has 0 aliphatic rings. The van der Waals surface area contributed by atoms with Crippen LogP contribution in [0.1, 0.15) is 5.69 Å². The van der Waals surface area contributed by atoms with E-state index in [9.17, 15) is 0 Å². The predicted octanol–water partition coefficient (Wildman–Crippen LogP) is 4.32. The van der Waals surface area contributed by atoms with Crippen molar-refractivity contribution in [3.8, 4) is 0 Å². The number of fused-ring (bicyclic) bond motifs is 1. The lowest BCUT2D eigenvalue weighted by Crippen LogP contribution is -2.02. The van der Waals surface area contributed by atoms with Gasteiger partial charge in [-0.05, 0) is 30.3 Å². The number of nitrogens with one attached hydrogen (secondary N) is 1. The molecular formula is C15H13Cl2N3. The summed E-state index contributed by atoms with van der Waals surface area (Å²) in [5, 5.41) is 5.02. The zero-order valence-electron chi connectivity index (χ0n) is 10.6. The minimum Gasteiger partial charge on any atom is -0.379 e. The maximum Gasteiger partial charge on any atom is 0.116 e. The van der Waals surface area contributed by atoms with E-state index in [0.29, 0.717) is 11.6 Å². The molecule has 3 nitrogen and oxygen atoms in total. The van der Waals surface area contributed by atoms with E-state index in [2.05, 4.69) is 15.3 Å². The highest BCUT2D eigenvalue weighted by molar-refractivity contribution is 6.31. The first kappa shape index (κ1) is 14.6. The minimum absolute atomic E-state index is 0. The minimum atomic E-state index is 0. The molecule has 102 valence electrons. The van der Waals surface area contributed by atoms with Crippen LogP contribution in [-0.2, 0) is 6.54 Å². The van der Waals surface area contributed by atoms with Gasteiger partial charge in [-0.15, -0.1) is 12.4 Å². The second-order valence-electron chi connectivity index (χ2n) is 4.20. The fourth-order valence-corrected chi connectivity index (χ4v) is 2.14. The third-order valence-corrected chi connectivity index (χ3v) is 3.15. The van der Waals surface area contributed by atoms with Gasteiger partial charge in [-0.1, -0.05) is 29.8 Å². The quantitative estimate of drug-likeness (QED) is 0.783. The molecule has 0 unspecified atom stereocenters. The van der Waals surface area contributed by atoms with Crippen molar-refractivity contribution in [3.63, 3.8) is 0 Å². The number of benzene rings is 2. The molecule has 0 aliphatic heterocycles. The van der Waals surface area contributed by atoms with Crippen LogP contribution in [0.25, 0.3) is 10.9 Å². The molecule has 1 aromatic heterocycles. The Bertz CT molecular complexity index is 702. The van der Waals surface area contributed by atoms with Gasteiger partial charge in [0.1, 0.15) is 6.33 Å². The molecule has 20 heavy (non-hydrogen) atoms. The molecule has 0 amide bonds. The number of hydrogen-bond acceptors (Lipinski definition) is 3. The molecule has 3 rings (SSSR count). The molecule has 0 radical (unpaired) electrons. The number of rotatable bonds is 3. The summed E-state index contributed by atoms with van der Waals surface area (Å²) in [7, 11) is 0. The van der Waals surface area contributed by atoms with Crippen molar-refractivity contribution in [2.45, 2.75) is 6.54 Å². The third kappa shape index (κ3) is 3.18. The van der Waals surface area contributed by atoms with Crippen molar-refractivity contribution >= 4 is 40.6 Å². The molecule has 1 N–H and O–H groups in total. The van der Waals surface area contributed by atoms with E-state index < -0.39 is 0 Å². The Morgan fingerprint density at radius 2 is 1.80 bits per heavy atom. The zero-order chi connectivity index (χ0) is 13.1. The molecule has 0 atom stereocenters. The lowest BCUT2D eigenvalue weighted by molar-refractivity contribution is 1.04. The highest BCUT2D eigenvalue weighted by Gasteiger charge is 2.04. The number of hydrogen-bond donors (Lipinski definition) is 1. The molecular weight excluding hydrogens is 293 g/mol. The van der Waals surface area contributed by atoms with Gasteiger partial charge in [-0.2, -0.15) is 0 Å². The summed E-state index contributed by atoms with van der Waals surface area (Å²) in [6.07, 6.45) is 1.58. The van der Waals surface area contributed by atoms with Crippen LogP contribution in [-0.4, -0.2) is 9.97 Å². The molecule has 3 aromatic rings. The van der Waals surface area contributed by atoms with Crippen LogP contribution in [0.15, 0.2) is 54.9 Å². The number of anilines is 1. The van der Waals surface area contributed by atoms with Crippen LogP contribution in [0, 0.1) is 0 Å². The standard InChI is InChI=1S/C15H12ClN3.ClH/c16-11-6-7-14-13(8-11)15(19-10-18-14)9-17-12-4-2-1-3-5-12;/h1-8,10,17H,9H2;1H. The van der Waals surface area contributed by atoms with Crippen LogP contribution in [0.5, 0.6) is 0 Å². The molecule has 0 saturated carbocycles. The lowest BCUT2D eigenvalue weighted by Gasteiger charge is -2.08. The number of nitrogens with zero attached hydrogens (tertiary/aromatic N) is 2. The van der Waals surface area contributed by atoms with Gasteiger partial charge < -0.3 is 5.32 Å². The van der Waals surface area contributed by atoms with E-state index in [4.69, 9.17) is 11.6 Å². The fraction of sp³-hybridized carbons (Fsp3) is 0.0667. The van der Waals surface area contributed by atoms with Gasteiger partial charge in [0.25, 0.3) is 0 Å². The van der Waals surface area contributed by atoms with E-state index >= 15 is 0 Å². The molecule has 0 spiro atoms. The van der Waals surface area contributed by atoms with Crippen molar-refractivity contribution in [2.75, 3.05) is 5.32 Å². The second kappa shape index (κ2) is 6.55. The van der Waals surface area contributed by atoms with Crippen molar-refractivity contribution < 1.29 is 0 Å². The SMILES string of the molecule is Cl.Clc1ccc2ncnc(CNc3ccccc3)c2c1. The summed E-state index contributed by atoms with van der Waals surface area (Å²) < 4.78 is 0. The summed E-state index contributed by atoms with van der Waals surface area (Å²) in [4.78, 5) is 8.57. The first-order valence-corrected chi connectivity index (χ1v) is 6.39. The van der Waals surface area contributed by atoms with E-state index in [1.54, 1.807) is 6.33 Å². The van der Waals surface area contributed by atoms with Crippen LogP contribution >= 0.6 is 24.0 Å². The summed E-state index contributed by atoms with van der Waals surface area (Å²) in [6, 6.07) is 15.7. The maximum atomic E-state index is 6.03. The van der Waals surface area contributed by atoms with Crippen LogP contribution < -0.4 is 5.32 Å². The van der Waals surface area contributed by atoms with Gasteiger partial charge in [-0.3, -0.25) is 0 Å². The average molecular weight is 306 g/mol. The zero-order valence-corrected chi connectivity index (χ0v) is 12.2. The second-order valence-corrected chi connectivity index (χ2v) is 4.64. The lowest BCUT2D eigenvalue weighted by atomic mass is 10.2. The predicted molar refractivity (Wildman–Crippen MR) is 85.6 cm³/mol. The van der Waals surface area contributed by atoms with E-state index in [1.165, 1.54) is 0 Å². The topological polar surface area (TPSA) is 37.8 Å². The van der Waals surface area contributed by atoms with Gasteiger partial charge in [0.15, 0.2) is 0 Å². The Kier molecular flexibility index (Phi) is 4.77. The summed E-state index contributed by atoms with van der Waals surface area (Å²) in [5.41, 5.74) is 2.91. The average Bonchev–Trinajstić information content (AvgIpc) is 2.46. The maximum absolute atomic E-state index is 6.03. The first-order chi connectivity index (χ1) is 9.33. The van der Waals surface area contributed by atoms with E-state index in [0.717, 1.165) is 22.3 Å². The van der Waals surface area contributed by atoms with Crippen molar-refractivity contribution in [1.82, 2.24) is 9.97 Å². The molecule has 1 heterocycles. The largest absolute Gasteiger partial charge is 0.379 e. The monoisotopic (exact) mass is 305 g/mol. The third-order valence-electron chi connectivity index (χ3n) is 2.91. The first-order valence-electron chi connectivity index (χ1n) is 6.01. The molecule has 0 fully saturated rings. The van der Waals surface area contributed by atoms with Crippen LogP contribution in [0.4, 0.5) is 5.69 Å². The summed E-state index contributed by atoms with van der Waals surface area (Å²) in [5.74, 6) is 0. The van der Waals surface area contributed by atoms with Gasteiger partial charge in [0.2, 0.25) is 0 Å². The normalized spacial score (nSPS) is 10.1. The number of aromatic nitrogens is 2. The van der Waals surface area contributed by atoms with Crippen LogP contribution in [0.3, 0.4) is 0 Å². The summed E-state index contributed by atoms with van der Waals surface area (Å²) in [6.45, 7) is 0.642. The Balaban J connectivity index is 0.00000147. The Morgan fingerprint density at radius 1 is 1.00 bits per heavy atom. The van der Waals surface area contributed by atoms with Gasteiger partial charge in [-0.25, -0.2) is 9.97 Å². The number of para-hydroxylation sites is 1. The van der Waals surface area contributed by atoms with Crippen LogP contribution in [0.2, 0.25) is 5.02 Å². The Labute approximate surface area is 128 Å². The van der Waals surface area contributed by atoms with Gasteiger partial charge >= 0.3 is 0 Å². The number of halogens is 2. The molecule has 0 bridgehead atoms. The fourth-order valence-electron chi connectivity index (χ4n) is 1.96. The Morgan fingerprint density at radius 3 is 2.60 bits per heavy atom. The van der Waals surface area contributed by atoms with E-state index in [-0.39, 0.29) is 12.4 Å². The molecule has 2 aromatic carbocycles.